The van der Waals surface area contributed by atoms with Gasteiger partial charge in [-0.25, -0.2) is 9.18 Å². The van der Waals surface area contributed by atoms with Gasteiger partial charge in [-0.1, -0.05) is 0 Å². The highest BCUT2D eigenvalue weighted by atomic mass is 19.1. The summed E-state index contributed by atoms with van der Waals surface area (Å²) in [6.07, 6.45) is 4.66. The Hall–Kier alpha value is -2.34. The molecule has 1 aromatic heterocycles. The predicted molar refractivity (Wildman–Crippen MR) is 90.9 cm³/mol. The Morgan fingerprint density at radius 1 is 1.38 bits per heavy atom. The molecule has 0 saturated carbocycles. The summed E-state index contributed by atoms with van der Waals surface area (Å²) in [6, 6.07) is 8.21. The van der Waals surface area contributed by atoms with Gasteiger partial charge in [0.15, 0.2) is 0 Å². The number of carbonyl (C=O) groups is 1. The Bertz CT molecular complexity index is 688. The lowest BCUT2D eigenvalue weighted by Gasteiger charge is -2.18. The summed E-state index contributed by atoms with van der Waals surface area (Å²) in [5.41, 5.74) is 0.992. The minimum Gasteiger partial charge on any atom is -0.381 e. The lowest BCUT2D eigenvalue weighted by molar-refractivity contribution is 0.113. The van der Waals surface area contributed by atoms with E-state index in [-0.39, 0.29) is 11.7 Å². The van der Waals surface area contributed by atoms with E-state index in [1.807, 2.05) is 36.0 Å². The van der Waals surface area contributed by atoms with E-state index in [0.29, 0.717) is 32.2 Å². The largest absolute Gasteiger partial charge is 0.381 e. The Morgan fingerprint density at radius 3 is 2.92 bits per heavy atom. The zero-order valence-electron chi connectivity index (χ0n) is 13.7. The number of amides is 2. The van der Waals surface area contributed by atoms with Gasteiger partial charge in [-0.2, -0.15) is 0 Å². The quantitative estimate of drug-likeness (QED) is 0.911. The van der Waals surface area contributed by atoms with Gasteiger partial charge in [0.05, 0.1) is 12.3 Å². The molecule has 0 aliphatic carbocycles. The molecule has 0 bridgehead atoms. The number of nitrogens with one attached hydrogen (secondary N) is 1. The molecule has 1 aliphatic heterocycles. The van der Waals surface area contributed by atoms with Crippen LogP contribution < -0.4 is 5.32 Å². The summed E-state index contributed by atoms with van der Waals surface area (Å²) >= 11 is 0. The van der Waals surface area contributed by atoms with Crippen LogP contribution in [0.5, 0.6) is 0 Å². The van der Waals surface area contributed by atoms with Crippen LogP contribution in [0.15, 0.2) is 42.7 Å². The molecule has 24 heavy (non-hydrogen) atoms. The van der Waals surface area contributed by atoms with Crippen LogP contribution in [0.1, 0.15) is 13.3 Å². The van der Waals surface area contributed by atoms with E-state index in [1.165, 1.54) is 6.07 Å². The van der Waals surface area contributed by atoms with Crippen LogP contribution in [0.25, 0.3) is 5.69 Å². The average molecular weight is 331 g/mol. The molecule has 1 aromatic carbocycles. The highest BCUT2D eigenvalue weighted by Crippen LogP contribution is 2.22. The number of halogens is 1. The highest BCUT2D eigenvalue weighted by molar-refractivity contribution is 5.90. The Kier molecular flexibility index (Phi) is 5.15. The van der Waals surface area contributed by atoms with E-state index >= 15 is 0 Å². The molecule has 1 N–H and O–H groups in total. The van der Waals surface area contributed by atoms with Gasteiger partial charge < -0.3 is 19.5 Å². The SMILES string of the molecule is CCOCC1CCN(C(=O)Nc2cc(-n3cccc3)ccc2F)C1. The number of urea groups is 1. The van der Waals surface area contributed by atoms with Crippen molar-refractivity contribution in [1.29, 1.82) is 0 Å². The second-order valence-corrected chi connectivity index (χ2v) is 5.94. The van der Waals surface area contributed by atoms with Gasteiger partial charge in [0, 0.05) is 43.7 Å². The normalized spacial score (nSPS) is 17.2. The van der Waals surface area contributed by atoms with Gasteiger partial charge in [-0.3, -0.25) is 0 Å². The van der Waals surface area contributed by atoms with E-state index in [1.54, 1.807) is 17.0 Å². The van der Waals surface area contributed by atoms with E-state index in [2.05, 4.69) is 5.32 Å². The Balaban J connectivity index is 1.65. The molecule has 2 amide bonds. The Labute approximate surface area is 141 Å². The van der Waals surface area contributed by atoms with Gasteiger partial charge in [-0.05, 0) is 43.7 Å². The molecule has 1 unspecified atom stereocenters. The van der Waals surface area contributed by atoms with Crippen molar-refractivity contribution < 1.29 is 13.9 Å². The monoisotopic (exact) mass is 331 g/mol. The number of carbonyl (C=O) groups excluding carboxylic acids is 1. The van der Waals surface area contributed by atoms with Crippen LogP contribution in [0.2, 0.25) is 0 Å². The molecule has 1 aliphatic rings. The first kappa shape index (κ1) is 16.5. The topological polar surface area (TPSA) is 46.5 Å². The molecule has 3 rings (SSSR count). The number of likely N-dealkylation sites (tertiary alicyclic amines) is 1. The van der Waals surface area contributed by atoms with Crippen molar-refractivity contribution in [2.24, 2.45) is 5.92 Å². The van der Waals surface area contributed by atoms with Crippen LogP contribution in [-0.4, -0.2) is 41.8 Å². The van der Waals surface area contributed by atoms with Crippen molar-refractivity contribution in [2.75, 3.05) is 31.6 Å². The van der Waals surface area contributed by atoms with E-state index in [9.17, 15) is 9.18 Å². The highest BCUT2D eigenvalue weighted by Gasteiger charge is 2.26. The predicted octanol–water partition coefficient (Wildman–Crippen LogP) is 3.51. The maximum Gasteiger partial charge on any atom is 0.321 e. The number of aromatic nitrogens is 1. The summed E-state index contributed by atoms with van der Waals surface area (Å²) in [5.74, 6) is -0.0870. The minimum atomic E-state index is -0.440. The molecule has 6 heteroatoms. The number of ether oxygens (including phenoxy) is 1. The van der Waals surface area contributed by atoms with Crippen LogP contribution in [0.3, 0.4) is 0 Å². The van der Waals surface area contributed by atoms with Crippen molar-refractivity contribution in [3.8, 4) is 5.69 Å². The lowest BCUT2D eigenvalue weighted by Crippen LogP contribution is -2.33. The summed E-state index contributed by atoms with van der Waals surface area (Å²) in [7, 11) is 0. The van der Waals surface area contributed by atoms with Crippen molar-refractivity contribution in [3.63, 3.8) is 0 Å². The fraction of sp³-hybridized carbons (Fsp3) is 0.389. The van der Waals surface area contributed by atoms with Gasteiger partial charge in [-0.15, -0.1) is 0 Å². The molecule has 2 aromatic rings. The van der Waals surface area contributed by atoms with E-state index in [0.717, 1.165) is 12.1 Å². The third-order valence-electron chi connectivity index (χ3n) is 4.22. The molecule has 0 spiro atoms. The molecule has 1 saturated heterocycles. The maximum atomic E-state index is 14.0. The zero-order chi connectivity index (χ0) is 16.9. The molecule has 1 atom stereocenters. The zero-order valence-corrected chi connectivity index (χ0v) is 13.7. The van der Waals surface area contributed by atoms with Gasteiger partial charge >= 0.3 is 6.03 Å². The summed E-state index contributed by atoms with van der Waals surface area (Å²) < 4.78 is 21.3. The van der Waals surface area contributed by atoms with E-state index in [4.69, 9.17) is 4.74 Å². The first-order valence-electron chi connectivity index (χ1n) is 8.24. The number of anilines is 1. The number of nitrogens with zero attached hydrogens (tertiary/aromatic N) is 2. The third kappa shape index (κ3) is 3.76. The van der Waals surface area contributed by atoms with Crippen molar-refractivity contribution in [3.05, 3.63) is 48.5 Å². The van der Waals surface area contributed by atoms with Crippen molar-refractivity contribution in [2.45, 2.75) is 13.3 Å². The van der Waals surface area contributed by atoms with Crippen LogP contribution in [0.4, 0.5) is 14.9 Å². The molecular weight excluding hydrogens is 309 g/mol. The number of hydrogen-bond acceptors (Lipinski definition) is 2. The van der Waals surface area contributed by atoms with Crippen molar-refractivity contribution in [1.82, 2.24) is 9.47 Å². The summed E-state index contributed by atoms with van der Waals surface area (Å²) in [4.78, 5) is 14.1. The molecule has 128 valence electrons. The standard InChI is InChI=1S/C18H22FN3O2/c1-2-24-13-14-7-10-22(12-14)18(23)20-17-11-15(5-6-16(17)19)21-8-3-4-9-21/h3-6,8-9,11,14H,2,7,10,12-13H2,1H3,(H,20,23). The lowest BCUT2D eigenvalue weighted by atomic mass is 10.1. The molecule has 2 heterocycles. The molecule has 5 nitrogen and oxygen atoms in total. The van der Waals surface area contributed by atoms with Crippen molar-refractivity contribution >= 4 is 11.7 Å². The fourth-order valence-corrected chi connectivity index (χ4v) is 2.91. The average Bonchev–Trinajstić information content (AvgIpc) is 3.26. The molecule has 0 radical (unpaired) electrons. The van der Waals surface area contributed by atoms with Gasteiger partial charge in [0.2, 0.25) is 0 Å². The second kappa shape index (κ2) is 7.49. The number of rotatable bonds is 5. The number of hydrogen-bond donors (Lipinski definition) is 1. The fourth-order valence-electron chi connectivity index (χ4n) is 2.91. The van der Waals surface area contributed by atoms with Gasteiger partial charge in [0.1, 0.15) is 5.82 Å². The Morgan fingerprint density at radius 2 is 2.17 bits per heavy atom. The first-order chi connectivity index (χ1) is 11.7. The van der Waals surface area contributed by atoms with Crippen LogP contribution in [0, 0.1) is 11.7 Å². The maximum absolute atomic E-state index is 14.0. The van der Waals surface area contributed by atoms with E-state index < -0.39 is 5.82 Å². The van der Waals surface area contributed by atoms with Crippen LogP contribution in [-0.2, 0) is 4.74 Å². The second-order valence-electron chi connectivity index (χ2n) is 5.94. The van der Waals surface area contributed by atoms with Gasteiger partial charge in [0.25, 0.3) is 0 Å². The minimum absolute atomic E-state index is 0.194. The summed E-state index contributed by atoms with van der Waals surface area (Å²) in [6.45, 7) is 4.62. The smallest absolute Gasteiger partial charge is 0.321 e. The molecular formula is C18H22FN3O2. The summed E-state index contributed by atoms with van der Waals surface area (Å²) in [5, 5.41) is 2.69. The first-order valence-corrected chi connectivity index (χ1v) is 8.24. The third-order valence-corrected chi connectivity index (χ3v) is 4.22. The molecule has 1 fully saturated rings. The number of benzene rings is 1. The van der Waals surface area contributed by atoms with Crippen LogP contribution >= 0.6 is 0 Å².